The molecular weight excluding hydrogens is 300 g/mol. The molecule has 1 saturated carbocycles. The Kier molecular flexibility index (Phi) is 4.43. The third kappa shape index (κ3) is 3.13. The first-order chi connectivity index (χ1) is 11.7. The zero-order valence-electron chi connectivity index (χ0n) is 14.5. The number of aromatic nitrogens is 1. The first-order valence-electron chi connectivity index (χ1n) is 9.25. The van der Waals surface area contributed by atoms with Crippen LogP contribution in [0.25, 0.3) is 0 Å². The smallest absolute Gasteiger partial charge is 0.232 e. The van der Waals surface area contributed by atoms with Gasteiger partial charge in [-0.2, -0.15) is 5.26 Å². The SMILES string of the molecule is CN1CCc2nc(OC3CCN(C4CCC4)CC3)c(C#N)cc2C1. The van der Waals surface area contributed by atoms with Gasteiger partial charge in [-0.3, -0.25) is 0 Å². The van der Waals surface area contributed by atoms with Crippen LogP contribution < -0.4 is 4.74 Å². The zero-order chi connectivity index (χ0) is 16.5. The van der Waals surface area contributed by atoms with Crippen molar-refractivity contribution in [2.24, 2.45) is 0 Å². The van der Waals surface area contributed by atoms with Gasteiger partial charge in [-0.25, -0.2) is 4.98 Å². The number of likely N-dealkylation sites (tertiary alicyclic amines) is 1. The molecule has 0 radical (unpaired) electrons. The maximum absolute atomic E-state index is 9.48. The first-order valence-corrected chi connectivity index (χ1v) is 9.25. The lowest BCUT2D eigenvalue weighted by Gasteiger charge is -2.41. The van der Waals surface area contributed by atoms with Crippen molar-refractivity contribution in [3.8, 4) is 11.9 Å². The molecule has 3 aliphatic rings. The topological polar surface area (TPSA) is 52.4 Å². The Morgan fingerprint density at radius 2 is 2.00 bits per heavy atom. The Morgan fingerprint density at radius 3 is 2.67 bits per heavy atom. The monoisotopic (exact) mass is 326 g/mol. The zero-order valence-corrected chi connectivity index (χ0v) is 14.5. The number of hydrogen-bond donors (Lipinski definition) is 0. The van der Waals surface area contributed by atoms with E-state index in [1.807, 2.05) is 6.07 Å². The summed E-state index contributed by atoms with van der Waals surface area (Å²) >= 11 is 0. The van der Waals surface area contributed by atoms with Crippen molar-refractivity contribution in [2.45, 2.75) is 57.2 Å². The van der Waals surface area contributed by atoms with E-state index in [-0.39, 0.29) is 6.10 Å². The molecule has 3 heterocycles. The van der Waals surface area contributed by atoms with Crippen LogP contribution in [0.15, 0.2) is 6.07 Å². The average Bonchev–Trinajstić information content (AvgIpc) is 2.54. The first kappa shape index (κ1) is 15.9. The summed E-state index contributed by atoms with van der Waals surface area (Å²) in [7, 11) is 2.11. The van der Waals surface area contributed by atoms with E-state index in [2.05, 4.69) is 22.9 Å². The molecule has 2 fully saturated rings. The lowest BCUT2D eigenvalue weighted by Crippen LogP contribution is -2.46. The van der Waals surface area contributed by atoms with E-state index in [0.29, 0.717) is 11.4 Å². The largest absolute Gasteiger partial charge is 0.473 e. The molecule has 1 aromatic rings. The quantitative estimate of drug-likeness (QED) is 0.853. The highest BCUT2D eigenvalue weighted by Gasteiger charge is 2.30. The molecule has 0 unspecified atom stereocenters. The number of likely N-dealkylation sites (N-methyl/N-ethyl adjacent to an activating group) is 1. The van der Waals surface area contributed by atoms with Gasteiger partial charge in [0.15, 0.2) is 0 Å². The van der Waals surface area contributed by atoms with Crippen molar-refractivity contribution in [1.82, 2.24) is 14.8 Å². The van der Waals surface area contributed by atoms with E-state index in [1.165, 1.54) is 24.8 Å². The Labute approximate surface area is 144 Å². The molecule has 1 saturated heterocycles. The summed E-state index contributed by atoms with van der Waals surface area (Å²) in [6.07, 6.45) is 7.35. The predicted octanol–water partition coefficient (Wildman–Crippen LogP) is 2.34. The molecule has 0 aromatic carbocycles. The van der Waals surface area contributed by atoms with Gasteiger partial charge in [0.2, 0.25) is 5.88 Å². The van der Waals surface area contributed by atoms with E-state index in [4.69, 9.17) is 9.72 Å². The lowest BCUT2D eigenvalue weighted by molar-refractivity contribution is 0.0472. The van der Waals surface area contributed by atoms with Crippen molar-refractivity contribution in [1.29, 1.82) is 5.26 Å². The number of fused-ring (bicyclic) bond motifs is 1. The number of hydrogen-bond acceptors (Lipinski definition) is 5. The minimum atomic E-state index is 0.199. The van der Waals surface area contributed by atoms with Gasteiger partial charge in [0, 0.05) is 38.6 Å². The Bertz CT molecular complexity index is 642. The van der Waals surface area contributed by atoms with E-state index < -0.39 is 0 Å². The molecule has 5 heteroatoms. The van der Waals surface area contributed by atoms with Crippen LogP contribution in [-0.2, 0) is 13.0 Å². The second-order valence-corrected chi connectivity index (χ2v) is 7.48. The summed E-state index contributed by atoms with van der Waals surface area (Å²) in [5, 5.41) is 9.48. The van der Waals surface area contributed by atoms with Crippen molar-refractivity contribution in [3.05, 3.63) is 22.9 Å². The van der Waals surface area contributed by atoms with Crippen molar-refractivity contribution in [3.63, 3.8) is 0 Å². The lowest BCUT2D eigenvalue weighted by atomic mass is 9.90. The molecule has 5 nitrogen and oxygen atoms in total. The van der Waals surface area contributed by atoms with Crippen molar-refractivity contribution >= 4 is 0 Å². The second kappa shape index (κ2) is 6.70. The Balaban J connectivity index is 1.43. The summed E-state index contributed by atoms with van der Waals surface area (Å²) < 4.78 is 6.18. The molecular formula is C19H26N4O. The molecule has 0 N–H and O–H groups in total. The van der Waals surface area contributed by atoms with Crippen LogP contribution in [0, 0.1) is 11.3 Å². The van der Waals surface area contributed by atoms with Gasteiger partial charge >= 0.3 is 0 Å². The van der Waals surface area contributed by atoms with E-state index in [0.717, 1.165) is 57.2 Å². The fourth-order valence-corrected chi connectivity index (χ4v) is 4.03. The molecule has 128 valence electrons. The highest BCUT2D eigenvalue weighted by molar-refractivity contribution is 5.43. The molecule has 0 bridgehead atoms. The standard InChI is InChI=1S/C19H26N4O/c1-22-8-7-18-15(13-22)11-14(12-20)19(21-18)24-17-5-9-23(10-6-17)16-3-2-4-16/h11,16-17H,2-10,13H2,1H3. The van der Waals surface area contributed by atoms with E-state index in [9.17, 15) is 5.26 Å². The third-order valence-electron chi connectivity index (χ3n) is 5.79. The number of rotatable bonds is 3. The van der Waals surface area contributed by atoms with Crippen LogP contribution in [-0.4, -0.2) is 53.6 Å². The number of nitrogens with zero attached hydrogens (tertiary/aromatic N) is 4. The minimum Gasteiger partial charge on any atom is -0.473 e. The Morgan fingerprint density at radius 1 is 1.21 bits per heavy atom. The van der Waals surface area contributed by atoms with Gasteiger partial charge in [0.1, 0.15) is 17.7 Å². The van der Waals surface area contributed by atoms with E-state index >= 15 is 0 Å². The van der Waals surface area contributed by atoms with Gasteiger partial charge in [0.25, 0.3) is 0 Å². The highest BCUT2D eigenvalue weighted by atomic mass is 16.5. The molecule has 0 spiro atoms. The highest BCUT2D eigenvalue weighted by Crippen LogP contribution is 2.30. The van der Waals surface area contributed by atoms with Gasteiger partial charge in [0.05, 0.1) is 5.69 Å². The number of piperidine rings is 1. The van der Waals surface area contributed by atoms with E-state index in [1.54, 1.807) is 0 Å². The number of ether oxygens (including phenoxy) is 1. The van der Waals surface area contributed by atoms with Crippen LogP contribution in [0.2, 0.25) is 0 Å². The summed E-state index contributed by atoms with van der Waals surface area (Å²) in [6, 6.07) is 5.08. The Hall–Kier alpha value is -1.64. The van der Waals surface area contributed by atoms with Crippen LogP contribution >= 0.6 is 0 Å². The molecule has 4 rings (SSSR count). The molecule has 1 aliphatic carbocycles. The maximum Gasteiger partial charge on any atom is 0.232 e. The van der Waals surface area contributed by atoms with Gasteiger partial charge in [-0.05, 0) is 44.4 Å². The van der Waals surface area contributed by atoms with Crippen molar-refractivity contribution in [2.75, 3.05) is 26.7 Å². The van der Waals surface area contributed by atoms with Crippen molar-refractivity contribution < 1.29 is 4.74 Å². The van der Waals surface area contributed by atoms with Crippen LogP contribution in [0.1, 0.15) is 48.9 Å². The second-order valence-electron chi connectivity index (χ2n) is 7.48. The van der Waals surface area contributed by atoms with Crippen LogP contribution in [0.4, 0.5) is 0 Å². The molecule has 0 amide bonds. The predicted molar refractivity (Wildman–Crippen MR) is 91.9 cm³/mol. The summed E-state index contributed by atoms with van der Waals surface area (Å²) in [5.41, 5.74) is 2.87. The van der Waals surface area contributed by atoms with Gasteiger partial charge in [-0.1, -0.05) is 6.42 Å². The molecule has 1 aromatic heterocycles. The molecule has 0 atom stereocenters. The fraction of sp³-hybridized carbons (Fsp3) is 0.684. The number of pyridine rings is 1. The average molecular weight is 326 g/mol. The van der Waals surface area contributed by atoms with Crippen LogP contribution in [0.3, 0.4) is 0 Å². The summed E-state index contributed by atoms with van der Waals surface area (Å²) in [5.74, 6) is 0.558. The normalized spacial score (nSPS) is 23.3. The van der Waals surface area contributed by atoms with Crippen LogP contribution in [0.5, 0.6) is 5.88 Å². The molecule has 2 aliphatic heterocycles. The fourth-order valence-electron chi connectivity index (χ4n) is 4.03. The third-order valence-corrected chi connectivity index (χ3v) is 5.79. The number of nitriles is 1. The van der Waals surface area contributed by atoms with Gasteiger partial charge in [-0.15, -0.1) is 0 Å². The molecule has 24 heavy (non-hydrogen) atoms. The van der Waals surface area contributed by atoms with Gasteiger partial charge < -0.3 is 14.5 Å². The maximum atomic E-state index is 9.48. The summed E-state index contributed by atoms with van der Waals surface area (Å²) in [4.78, 5) is 9.59. The summed E-state index contributed by atoms with van der Waals surface area (Å²) in [6.45, 7) is 4.13. The minimum absolute atomic E-state index is 0.199.